The van der Waals surface area contributed by atoms with E-state index >= 15 is 0 Å². The van der Waals surface area contributed by atoms with E-state index in [9.17, 15) is 18.8 Å². The molecule has 2 fully saturated rings. The average Bonchev–Trinajstić information content (AvgIpc) is 3.62. The zero-order valence-corrected chi connectivity index (χ0v) is 18.8. The van der Waals surface area contributed by atoms with E-state index in [4.69, 9.17) is 0 Å². The summed E-state index contributed by atoms with van der Waals surface area (Å²) in [5.41, 5.74) is -0.411. The first kappa shape index (κ1) is 20.1. The zero-order valence-electron chi connectivity index (χ0n) is 18.0. The minimum atomic E-state index is -1.48. The number of hydrogen-bond donors (Lipinski definition) is 2. The smallest absolute Gasteiger partial charge is 0.250 e. The van der Waals surface area contributed by atoms with Crippen molar-refractivity contribution < 1.29 is 18.8 Å². The zero-order chi connectivity index (χ0) is 23.2. The summed E-state index contributed by atoms with van der Waals surface area (Å²) in [6, 6.07) is 14.8. The third kappa shape index (κ3) is 2.12. The lowest BCUT2D eigenvalue weighted by Gasteiger charge is -2.38. The average molecular weight is 474 g/mol. The van der Waals surface area contributed by atoms with Crippen LogP contribution in [0.5, 0.6) is 0 Å². The third-order valence-electron chi connectivity index (χ3n) is 8.11. The molecule has 4 aliphatic heterocycles. The Morgan fingerprint density at radius 2 is 1.79 bits per heavy atom. The van der Waals surface area contributed by atoms with E-state index < -0.39 is 22.7 Å². The summed E-state index contributed by atoms with van der Waals surface area (Å²) in [5.74, 6) is -2.43. The van der Waals surface area contributed by atoms with Crippen molar-refractivity contribution in [3.63, 3.8) is 0 Å². The Morgan fingerprint density at radius 3 is 2.62 bits per heavy atom. The van der Waals surface area contributed by atoms with Gasteiger partial charge in [-0.15, -0.1) is 11.3 Å². The number of thiophene rings is 1. The van der Waals surface area contributed by atoms with Crippen LogP contribution in [0.2, 0.25) is 0 Å². The number of nitrogens with zero attached hydrogens (tertiary/aromatic N) is 1. The summed E-state index contributed by atoms with van der Waals surface area (Å²) in [4.78, 5) is 44.9. The van der Waals surface area contributed by atoms with Crippen molar-refractivity contribution in [2.45, 2.75) is 29.8 Å². The van der Waals surface area contributed by atoms with E-state index in [1.54, 1.807) is 18.2 Å². The molecule has 5 heterocycles. The van der Waals surface area contributed by atoms with Crippen LogP contribution in [0.1, 0.15) is 33.6 Å². The predicted octanol–water partition coefficient (Wildman–Crippen LogP) is 3.90. The quantitative estimate of drug-likeness (QED) is 0.554. The molecule has 7 rings (SSSR count). The van der Waals surface area contributed by atoms with Crippen LogP contribution in [0.3, 0.4) is 0 Å². The van der Waals surface area contributed by atoms with Gasteiger partial charge in [0.05, 0.1) is 10.8 Å². The van der Waals surface area contributed by atoms with Crippen molar-refractivity contribution >= 4 is 40.3 Å². The number of anilines is 2. The monoisotopic (exact) mass is 473 g/mol. The van der Waals surface area contributed by atoms with E-state index in [0.717, 1.165) is 12.0 Å². The second kappa shape index (κ2) is 6.61. The summed E-state index contributed by atoms with van der Waals surface area (Å²) in [6.45, 7) is 0.541. The van der Waals surface area contributed by atoms with Gasteiger partial charge in [-0.1, -0.05) is 24.3 Å². The van der Waals surface area contributed by atoms with Gasteiger partial charge in [0.25, 0.3) is 0 Å². The molecular formula is C26H20FN3O3S. The van der Waals surface area contributed by atoms with E-state index in [1.807, 2.05) is 34.5 Å². The summed E-state index contributed by atoms with van der Waals surface area (Å²) in [6.07, 6.45) is 1.44. The molecule has 34 heavy (non-hydrogen) atoms. The molecule has 0 radical (unpaired) electrons. The first-order valence-corrected chi connectivity index (χ1v) is 12.3. The maximum atomic E-state index is 14.6. The minimum absolute atomic E-state index is 0.261. The molecule has 3 aromatic rings. The van der Waals surface area contributed by atoms with Crippen molar-refractivity contribution in [2.24, 2.45) is 5.92 Å². The van der Waals surface area contributed by atoms with Crippen LogP contribution in [0.15, 0.2) is 60.0 Å². The summed E-state index contributed by atoms with van der Waals surface area (Å²) >= 11 is 1.29. The fraction of sp³-hybridized carbons (Fsp3) is 0.269. The first-order valence-electron chi connectivity index (χ1n) is 11.4. The van der Waals surface area contributed by atoms with Gasteiger partial charge >= 0.3 is 0 Å². The van der Waals surface area contributed by atoms with E-state index in [0.29, 0.717) is 34.8 Å². The highest BCUT2D eigenvalue weighted by Crippen LogP contribution is 2.66. The number of Topliss-reactive ketones (excluding diaryl/α,β-unsaturated/α-hetero) is 1. The number of nitrogens with one attached hydrogen (secondary N) is 2. The lowest BCUT2D eigenvalue weighted by Crippen LogP contribution is -2.55. The Balaban J connectivity index is 1.60. The van der Waals surface area contributed by atoms with Crippen molar-refractivity contribution in [1.29, 1.82) is 0 Å². The highest BCUT2D eigenvalue weighted by molar-refractivity contribution is 7.12. The fourth-order valence-corrected chi connectivity index (χ4v) is 7.77. The predicted molar refractivity (Wildman–Crippen MR) is 125 cm³/mol. The lowest BCUT2D eigenvalue weighted by atomic mass is 9.60. The molecule has 6 nitrogen and oxygen atoms in total. The molecule has 1 aromatic heterocycles. The van der Waals surface area contributed by atoms with Crippen LogP contribution in [-0.4, -0.2) is 35.1 Å². The normalized spacial score (nSPS) is 31.0. The number of ketones is 1. The number of carbonyl (C=O) groups is 3. The number of carbonyl (C=O) groups excluding carboxylic acids is 3. The summed E-state index contributed by atoms with van der Waals surface area (Å²) in [5, 5.41) is 7.74. The molecule has 2 aromatic carbocycles. The van der Waals surface area contributed by atoms with Gasteiger partial charge < -0.3 is 10.6 Å². The van der Waals surface area contributed by atoms with E-state index in [1.165, 1.54) is 23.5 Å². The molecular weight excluding hydrogens is 453 g/mol. The Morgan fingerprint density at radius 1 is 1.00 bits per heavy atom. The number of amides is 2. The molecule has 4 aliphatic rings. The molecule has 8 heteroatoms. The largest absolute Gasteiger partial charge is 0.325 e. The topological polar surface area (TPSA) is 78.5 Å². The fourth-order valence-electron chi connectivity index (χ4n) is 7.08. The second-order valence-corrected chi connectivity index (χ2v) is 10.4. The maximum absolute atomic E-state index is 14.6. The molecule has 2 saturated heterocycles. The van der Waals surface area contributed by atoms with Crippen LogP contribution in [0.25, 0.3) is 0 Å². The van der Waals surface area contributed by atoms with Crippen molar-refractivity contribution in [1.82, 2.24) is 4.90 Å². The Hall–Kier alpha value is -3.36. The molecule has 2 amide bonds. The molecule has 0 aliphatic carbocycles. The Labute approximate surface area is 198 Å². The van der Waals surface area contributed by atoms with E-state index in [2.05, 4.69) is 10.6 Å². The van der Waals surface area contributed by atoms with Crippen LogP contribution in [0, 0.1) is 11.7 Å². The number of halogens is 1. The van der Waals surface area contributed by atoms with Gasteiger partial charge in [-0.25, -0.2) is 4.39 Å². The van der Waals surface area contributed by atoms with Crippen molar-refractivity contribution in [2.75, 3.05) is 17.2 Å². The molecule has 0 unspecified atom stereocenters. The molecule has 0 bridgehead atoms. The van der Waals surface area contributed by atoms with Crippen molar-refractivity contribution in [3.05, 3.63) is 81.8 Å². The van der Waals surface area contributed by atoms with Gasteiger partial charge in [-0.3, -0.25) is 19.3 Å². The SMILES string of the molecule is O=C(c1cccs1)[C@H]1[C@]2(C(=O)Nc3ccccc32)[C@@H]2CCCN2[C@@]12C(=O)Nc1ccc(F)cc12. The summed E-state index contributed by atoms with van der Waals surface area (Å²) < 4.78 is 14.6. The molecule has 0 saturated carbocycles. The maximum Gasteiger partial charge on any atom is 0.250 e. The van der Waals surface area contributed by atoms with Gasteiger partial charge in [-0.2, -0.15) is 0 Å². The summed E-state index contributed by atoms with van der Waals surface area (Å²) in [7, 11) is 0. The van der Waals surface area contributed by atoms with Gasteiger partial charge in [0.15, 0.2) is 5.78 Å². The van der Waals surface area contributed by atoms with Crippen LogP contribution in [0.4, 0.5) is 15.8 Å². The molecule has 2 N–H and O–H groups in total. The number of benzene rings is 2. The van der Waals surface area contributed by atoms with Crippen LogP contribution >= 0.6 is 11.3 Å². The Kier molecular flexibility index (Phi) is 3.90. The van der Waals surface area contributed by atoms with Gasteiger partial charge in [0, 0.05) is 23.0 Å². The van der Waals surface area contributed by atoms with Crippen LogP contribution in [-0.2, 0) is 20.5 Å². The number of hydrogen-bond acceptors (Lipinski definition) is 5. The van der Waals surface area contributed by atoms with E-state index in [-0.39, 0.29) is 23.6 Å². The number of para-hydroxylation sites is 1. The van der Waals surface area contributed by atoms with Gasteiger partial charge in [0.1, 0.15) is 16.8 Å². The minimum Gasteiger partial charge on any atom is -0.325 e. The highest BCUT2D eigenvalue weighted by atomic mass is 32.1. The third-order valence-corrected chi connectivity index (χ3v) is 9.00. The standard InChI is InChI=1S/C26H20FN3O3S/c27-14-9-10-18-16(13-14)26(24(33)29-18)22(21(31)19-7-4-12-34-19)25(20-8-3-11-30(20)26)15-5-1-2-6-17(15)28-23(25)32/h1-2,4-7,9-10,12-13,20,22H,3,8,11H2,(H,28,32)(H,29,33)/t20-,22-,25+,26+/m0/s1. The molecule has 4 atom stereocenters. The van der Waals surface area contributed by atoms with Crippen LogP contribution < -0.4 is 10.6 Å². The Bertz CT molecular complexity index is 1410. The first-order chi connectivity index (χ1) is 16.5. The number of rotatable bonds is 2. The highest BCUT2D eigenvalue weighted by Gasteiger charge is 2.78. The lowest BCUT2D eigenvalue weighted by molar-refractivity contribution is -0.128. The van der Waals surface area contributed by atoms with Crippen molar-refractivity contribution in [3.8, 4) is 0 Å². The van der Waals surface area contributed by atoms with Gasteiger partial charge in [-0.05, 0) is 60.7 Å². The molecule has 170 valence electrons. The molecule has 2 spiro atoms. The van der Waals surface area contributed by atoms with Gasteiger partial charge in [0.2, 0.25) is 11.8 Å². The second-order valence-electron chi connectivity index (χ2n) is 9.41. The number of fused-ring (bicyclic) bond motifs is 7.